The summed E-state index contributed by atoms with van der Waals surface area (Å²) in [4.78, 5) is 17.1. The molecule has 8 nitrogen and oxygen atoms in total. The van der Waals surface area contributed by atoms with Gasteiger partial charge in [-0.25, -0.2) is 4.98 Å². The topological polar surface area (TPSA) is 85.6 Å². The first kappa shape index (κ1) is 17.5. The number of aliphatic imine (C=N–C) groups is 1. The fourth-order valence-corrected chi connectivity index (χ4v) is 3.42. The number of H-pyrrole nitrogens is 1. The second-order valence-electron chi connectivity index (χ2n) is 6.68. The summed E-state index contributed by atoms with van der Waals surface area (Å²) < 4.78 is 4.91. The highest BCUT2D eigenvalue weighted by atomic mass is 16.5. The van der Waals surface area contributed by atoms with E-state index in [1.165, 1.54) is 0 Å². The molecular weight excluding hydrogens is 342 g/mol. The van der Waals surface area contributed by atoms with Gasteiger partial charge in [-0.05, 0) is 12.1 Å². The van der Waals surface area contributed by atoms with Crippen molar-refractivity contribution < 1.29 is 4.52 Å². The van der Waals surface area contributed by atoms with Gasteiger partial charge < -0.3 is 19.7 Å². The van der Waals surface area contributed by atoms with E-state index in [9.17, 15) is 0 Å². The third-order valence-corrected chi connectivity index (χ3v) is 4.84. The number of aromatic nitrogens is 3. The van der Waals surface area contributed by atoms with E-state index in [0.717, 1.165) is 74.2 Å². The monoisotopic (exact) mass is 367 g/mol. The molecule has 3 heterocycles. The SMILES string of the molecule is CN=C(NCCc1nc2ccccc2[nH]1)N1CCN(Cc2ccon2)CC1. The van der Waals surface area contributed by atoms with E-state index in [1.54, 1.807) is 6.26 Å². The largest absolute Gasteiger partial charge is 0.364 e. The predicted octanol–water partition coefficient (Wildman–Crippen LogP) is 1.49. The second kappa shape index (κ2) is 8.22. The van der Waals surface area contributed by atoms with Gasteiger partial charge in [0.05, 0.1) is 16.7 Å². The van der Waals surface area contributed by atoms with Crippen LogP contribution in [0.25, 0.3) is 11.0 Å². The average molecular weight is 367 g/mol. The molecule has 1 aliphatic rings. The molecule has 1 aliphatic heterocycles. The zero-order chi connectivity index (χ0) is 18.5. The Morgan fingerprint density at radius 3 is 2.81 bits per heavy atom. The van der Waals surface area contributed by atoms with Gasteiger partial charge in [0, 0.05) is 58.8 Å². The van der Waals surface area contributed by atoms with Crippen molar-refractivity contribution in [1.29, 1.82) is 0 Å². The summed E-state index contributed by atoms with van der Waals surface area (Å²) in [5, 5.41) is 7.45. The van der Waals surface area contributed by atoms with Gasteiger partial charge >= 0.3 is 0 Å². The van der Waals surface area contributed by atoms with Crippen molar-refractivity contribution in [3.8, 4) is 0 Å². The van der Waals surface area contributed by atoms with Crippen molar-refractivity contribution in [3.63, 3.8) is 0 Å². The number of aromatic amines is 1. The van der Waals surface area contributed by atoms with Crippen molar-refractivity contribution >= 4 is 17.0 Å². The Bertz CT molecular complexity index is 846. The van der Waals surface area contributed by atoms with Gasteiger partial charge in [-0.3, -0.25) is 9.89 Å². The van der Waals surface area contributed by atoms with E-state index in [0.29, 0.717) is 0 Å². The molecule has 0 spiro atoms. The van der Waals surface area contributed by atoms with Crippen LogP contribution < -0.4 is 5.32 Å². The van der Waals surface area contributed by atoms with Crippen LogP contribution >= 0.6 is 0 Å². The molecule has 0 radical (unpaired) electrons. The lowest BCUT2D eigenvalue weighted by atomic mass is 10.3. The van der Waals surface area contributed by atoms with Gasteiger partial charge in [0.15, 0.2) is 5.96 Å². The summed E-state index contributed by atoms with van der Waals surface area (Å²) in [7, 11) is 1.84. The zero-order valence-corrected chi connectivity index (χ0v) is 15.6. The molecule has 2 N–H and O–H groups in total. The van der Waals surface area contributed by atoms with Crippen LogP contribution in [0.1, 0.15) is 11.5 Å². The quantitative estimate of drug-likeness (QED) is 0.525. The lowest BCUT2D eigenvalue weighted by molar-refractivity contribution is 0.169. The Hall–Kier alpha value is -2.87. The van der Waals surface area contributed by atoms with Crippen LogP contribution in [0.15, 0.2) is 46.1 Å². The molecule has 27 heavy (non-hydrogen) atoms. The fourth-order valence-electron chi connectivity index (χ4n) is 3.42. The molecule has 142 valence electrons. The number of nitrogens with zero attached hydrogens (tertiary/aromatic N) is 5. The molecular formula is C19H25N7O. The summed E-state index contributed by atoms with van der Waals surface area (Å²) in [5.41, 5.74) is 3.08. The molecule has 4 rings (SSSR count). The number of imidazole rings is 1. The van der Waals surface area contributed by atoms with E-state index >= 15 is 0 Å². The molecule has 1 saturated heterocycles. The Balaban J connectivity index is 1.24. The van der Waals surface area contributed by atoms with Crippen LogP contribution in [0.2, 0.25) is 0 Å². The highest BCUT2D eigenvalue weighted by molar-refractivity contribution is 5.80. The van der Waals surface area contributed by atoms with Gasteiger partial charge in [-0.1, -0.05) is 17.3 Å². The first-order valence-electron chi connectivity index (χ1n) is 9.32. The fraction of sp³-hybridized carbons (Fsp3) is 0.421. The Kier molecular flexibility index (Phi) is 5.34. The zero-order valence-electron chi connectivity index (χ0n) is 15.6. The van der Waals surface area contributed by atoms with Gasteiger partial charge in [0.2, 0.25) is 0 Å². The maximum Gasteiger partial charge on any atom is 0.193 e. The summed E-state index contributed by atoms with van der Waals surface area (Å²) in [6.45, 7) is 5.49. The molecule has 0 bridgehead atoms. The third kappa shape index (κ3) is 4.28. The number of para-hydroxylation sites is 2. The van der Waals surface area contributed by atoms with E-state index in [4.69, 9.17) is 4.52 Å². The molecule has 1 fully saturated rings. The van der Waals surface area contributed by atoms with Crippen LogP contribution in [0.3, 0.4) is 0 Å². The molecule has 0 amide bonds. The summed E-state index contributed by atoms with van der Waals surface area (Å²) in [6, 6.07) is 10.0. The van der Waals surface area contributed by atoms with Gasteiger partial charge in [-0.2, -0.15) is 0 Å². The van der Waals surface area contributed by atoms with E-state index < -0.39 is 0 Å². The Morgan fingerprint density at radius 1 is 1.22 bits per heavy atom. The van der Waals surface area contributed by atoms with Crippen molar-refractivity contribution in [2.45, 2.75) is 13.0 Å². The number of fused-ring (bicyclic) bond motifs is 1. The van der Waals surface area contributed by atoms with Crippen LogP contribution in [0, 0.1) is 0 Å². The van der Waals surface area contributed by atoms with E-state index in [2.05, 4.69) is 41.3 Å². The minimum Gasteiger partial charge on any atom is -0.364 e. The van der Waals surface area contributed by atoms with Gasteiger partial charge in [0.25, 0.3) is 0 Å². The summed E-state index contributed by atoms with van der Waals surface area (Å²) in [6.07, 6.45) is 2.46. The normalized spacial score (nSPS) is 16.2. The predicted molar refractivity (Wildman–Crippen MR) is 105 cm³/mol. The van der Waals surface area contributed by atoms with Crippen molar-refractivity contribution in [2.24, 2.45) is 4.99 Å². The van der Waals surface area contributed by atoms with Crippen LogP contribution in [0.5, 0.6) is 0 Å². The molecule has 1 aromatic carbocycles. The van der Waals surface area contributed by atoms with Crippen molar-refractivity contribution in [3.05, 3.63) is 48.1 Å². The van der Waals surface area contributed by atoms with Gasteiger partial charge in [0.1, 0.15) is 12.1 Å². The summed E-state index contributed by atoms with van der Waals surface area (Å²) in [5.74, 6) is 1.95. The molecule has 8 heteroatoms. The number of guanidine groups is 1. The molecule has 0 atom stereocenters. The summed E-state index contributed by atoms with van der Waals surface area (Å²) >= 11 is 0. The van der Waals surface area contributed by atoms with Crippen LogP contribution in [-0.2, 0) is 13.0 Å². The maximum absolute atomic E-state index is 4.91. The van der Waals surface area contributed by atoms with Gasteiger partial charge in [-0.15, -0.1) is 0 Å². The Morgan fingerprint density at radius 2 is 2.07 bits per heavy atom. The first-order chi connectivity index (χ1) is 13.3. The minimum atomic E-state index is 0.797. The smallest absolute Gasteiger partial charge is 0.193 e. The molecule has 0 unspecified atom stereocenters. The molecule has 3 aromatic rings. The average Bonchev–Trinajstić information content (AvgIpc) is 3.35. The number of hydrogen-bond donors (Lipinski definition) is 2. The number of benzene rings is 1. The molecule has 0 saturated carbocycles. The molecule has 2 aromatic heterocycles. The first-order valence-corrected chi connectivity index (χ1v) is 9.32. The van der Waals surface area contributed by atoms with Crippen molar-refractivity contribution in [2.75, 3.05) is 39.8 Å². The van der Waals surface area contributed by atoms with Crippen LogP contribution in [0.4, 0.5) is 0 Å². The van der Waals surface area contributed by atoms with E-state index in [-0.39, 0.29) is 0 Å². The lowest BCUT2D eigenvalue weighted by Gasteiger charge is -2.36. The minimum absolute atomic E-state index is 0.797. The van der Waals surface area contributed by atoms with E-state index in [1.807, 2.05) is 31.3 Å². The number of nitrogens with one attached hydrogen (secondary N) is 2. The number of hydrogen-bond acceptors (Lipinski definition) is 5. The second-order valence-corrected chi connectivity index (χ2v) is 6.68. The Labute approximate surface area is 158 Å². The third-order valence-electron chi connectivity index (χ3n) is 4.84. The number of piperazine rings is 1. The standard InChI is InChI=1S/C19H25N7O/c1-20-19(21-8-6-18-22-16-4-2-3-5-17(16)23-18)26-11-9-25(10-12-26)14-15-7-13-27-24-15/h2-5,7,13H,6,8-12,14H2,1H3,(H,20,21)(H,22,23). The van der Waals surface area contributed by atoms with Crippen LogP contribution in [-0.4, -0.2) is 70.7 Å². The number of rotatable bonds is 5. The molecule has 0 aliphatic carbocycles. The highest BCUT2D eigenvalue weighted by Gasteiger charge is 2.20. The lowest BCUT2D eigenvalue weighted by Crippen LogP contribution is -2.52. The maximum atomic E-state index is 4.91. The highest BCUT2D eigenvalue weighted by Crippen LogP contribution is 2.10. The van der Waals surface area contributed by atoms with Crippen molar-refractivity contribution in [1.82, 2.24) is 30.2 Å².